The number of carbonyl (C=O) groups excluding carboxylic acids is 2. The van der Waals surface area contributed by atoms with Gasteiger partial charge in [-0.3, -0.25) is 14.1 Å². The molecule has 1 aliphatic rings. The summed E-state index contributed by atoms with van der Waals surface area (Å²) in [6.07, 6.45) is 0. The third-order valence-corrected chi connectivity index (χ3v) is 5.79. The molecule has 0 saturated carbocycles. The van der Waals surface area contributed by atoms with Gasteiger partial charge in [0.1, 0.15) is 24.9 Å². The summed E-state index contributed by atoms with van der Waals surface area (Å²) in [5.74, 6) is -1.86. The van der Waals surface area contributed by atoms with Crippen LogP contribution >= 0.6 is 22.9 Å². The van der Waals surface area contributed by atoms with Crippen LogP contribution in [0.3, 0.4) is 0 Å². The van der Waals surface area contributed by atoms with Crippen LogP contribution < -0.4 is 40.6 Å². The SMILES string of the molecule is CO/N=C(\C(=O)NC1C(=O)N(S(=O)(=O)O)C1c1ccc(Cl)cc1)c1csc(N)n1.[H-].[Na+]. The molecule has 1 fully saturated rings. The number of nitrogens with one attached hydrogen (secondary N) is 1. The van der Waals surface area contributed by atoms with Gasteiger partial charge in [0.25, 0.3) is 11.8 Å². The van der Waals surface area contributed by atoms with Crippen LogP contribution in [0.25, 0.3) is 0 Å². The molecule has 1 aromatic heterocycles. The Morgan fingerprint density at radius 1 is 1.43 bits per heavy atom. The van der Waals surface area contributed by atoms with Gasteiger partial charge in [-0.05, 0) is 17.7 Å². The van der Waals surface area contributed by atoms with Crippen LogP contribution in [0.2, 0.25) is 5.02 Å². The van der Waals surface area contributed by atoms with Crippen LogP contribution in [0.15, 0.2) is 34.8 Å². The summed E-state index contributed by atoms with van der Waals surface area (Å²) in [6.45, 7) is 0. The zero-order chi connectivity index (χ0) is 21.3. The van der Waals surface area contributed by atoms with Crippen LogP contribution in [-0.2, 0) is 24.7 Å². The topological polar surface area (TPSA) is 164 Å². The van der Waals surface area contributed by atoms with Crippen molar-refractivity contribution >= 4 is 55.9 Å². The molecule has 1 aliphatic heterocycles. The summed E-state index contributed by atoms with van der Waals surface area (Å²) in [5.41, 5.74) is 5.76. The van der Waals surface area contributed by atoms with Crippen molar-refractivity contribution in [2.45, 2.75) is 12.1 Å². The Morgan fingerprint density at radius 3 is 2.57 bits per heavy atom. The van der Waals surface area contributed by atoms with Gasteiger partial charge in [-0.2, -0.15) is 8.42 Å². The molecular formula is C15H15ClN5NaO6S2. The largest absolute Gasteiger partial charge is 1.00 e. The Hall–Kier alpha value is -1.74. The van der Waals surface area contributed by atoms with Gasteiger partial charge in [0.15, 0.2) is 10.8 Å². The molecule has 1 saturated heterocycles. The maximum atomic E-state index is 12.7. The fraction of sp³-hybridized carbons (Fsp3) is 0.200. The number of hydrogen-bond acceptors (Lipinski definition) is 9. The first-order valence-corrected chi connectivity index (χ1v) is 10.5. The predicted octanol–water partition coefficient (Wildman–Crippen LogP) is -2.28. The molecule has 30 heavy (non-hydrogen) atoms. The molecule has 0 radical (unpaired) electrons. The van der Waals surface area contributed by atoms with Gasteiger partial charge < -0.3 is 17.3 Å². The molecule has 15 heteroatoms. The number of anilines is 1. The van der Waals surface area contributed by atoms with Crippen LogP contribution in [0.5, 0.6) is 0 Å². The van der Waals surface area contributed by atoms with Crippen molar-refractivity contribution in [1.82, 2.24) is 14.6 Å². The number of nitrogen functional groups attached to an aromatic ring is 1. The Kier molecular flexibility index (Phi) is 7.85. The molecule has 3 rings (SSSR count). The van der Waals surface area contributed by atoms with E-state index in [0.717, 1.165) is 11.3 Å². The van der Waals surface area contributed by atoms with E-state index in [2.05, 4.69) is 20.3 Å². The predicted molar refractivity (Wildman–Crippen MR) is 106 cm³/mol. The number of hydrogen-bond donors (Lipinski definition) is 3. The molecule has 0 bridgehead atoms. The second-order valence-electron chi connectivity index (χ2n) is 5.75. The van der Waals surface area contributed by atoms with E-state index in [4.69, 9.17) is 17.3 Å². The second kappa shape index (κ2) is 9.60. The number of halogens is 1. The number of rotatable bonds is 6. The molecule has 0 aliphatic carbocycles. The van der Waals surface area contributed by atoms with Gasteiger partial charge in [0.2, 0.25) is 0 Å². The number of aromatic nitrogens is 1. The number of benzene rings is 1. The van der Waals surface area contributed by atoms with Gasteiger partial charge in [-0.15, -0.1) is 11.3 Å². The molecule has 2 unspecified atom stereocenters. The fourth-order valence-corrected chi connectivity index (χ4v) is 4.30. The molecule has 0 spiro atoms. The van der Waals surface area contributed by atoms with E-state index in [1.807, 2.05) is 0 Å². The Balaban J connectivity index is 0.00000240. The van der Waals surface area contributed by atoms with Gasteiger partial charge in [0, 0.05) is 10.4 Å². The number of carbonyl (C=O) groups is 2. The summed E-state index contributed by atoms with van der Waals surface area (Å²) in [6, 6.07) is 3.45. The maximum absolute atomic E-state index is 12.7. The number of nitrogens with two attached hydrogens (primary N) is 1. The van der Waals surface area contributed by atoms with Crippen molar-refractivity contribution in [2.75, 3.05) is 12.8 Å². The Labute approximate surface area is 203 Å². The monoisotopic (exact) mass is 483 g/mol. The fourth-order valence-electron chi connectivity index (χ4n) is 2.75. The third-order valence-electron chi connectivity index (χ3n) is 3.96. The molecule has 2 atom stereocenters. The number of oxime groups is 1. The number of nitrogens with zero attached hydrogens (tertiary/aromatic N) is 3. The molecular weight excluding hydrogens is 469 g/mol. The van der Waals surface area contributed by atoms with E-state index in [-0.39, 0.29) is 51.8 Å². The van der Waals surface area contributed by atoms with E-state index in [1.165, 1.54) is 36.8 Å². The Bertz CT molecular complexity index is 1100. The minimum Gasteiger partial charge on any atom is -1.00 e. The molecule has 11 nitrogen and oxygen atoms in total. The van der Waals surface area contributed by atoms with Crippen molar-refractivity contribution in [2.24, 2.45) is 5.16 Å². The van der Waals surface area contributed by atoms with Crippen LogP contribution in [0.4, 0.5) is 5.13 Å². The van der Waals surface area contributed by atoms with Gasteiger partial charge >= 0.3 is 39.9 Å². The Morgan fingerprint density at radius 2 is 2.07 bits per heavy atom. The molecule has 4 N–H and O–H groups in total. The van der Waals surface area contributed by atoms with Crippen molar-refractivity contribution in [3.63, 3.8) is 0 Å². The molecule has 2 heterocycles. The summed E-state index contributed by atoms with van der Waals surface area (Å²) in [7, 11) is -3.64. The third kappa shape index (κ3) is 4.94. The zero-order valence-corrected chi connectivity index (χ0v) is 20.0. The van der Waals surface area contributed by atoms with Crippen molar-refractivity contribution in [3.05, 3.63) is 45.9 Å². The maximum Gasteiger partial charge on any atom is 1.00 e. The van der Waals surface area contributed by atoms with Crippen molar-refractivity contribution in [1.29, 1.82) is 0 Å². The quantitative estimate of drug-likeness (QED) is 0.136. The van der Waals surface area contributed by atoms with Gasteiger partial charge in [-0.1, -0.05) is 28.9 Å². The van der Waals surface area contributed by atoms with E-state index >= 15 is 0 Å². The van der Waals surface area contributed by atoms with Crippen LogP contribution in [-0.4, -0.2) is 52.9 Å². The average Bonchev–Trinajstić information content (AvgIpc) is 3.07. The van der Waals surface area contributed by atoms with Gasteiger partial charge in [0.05, 0.1) is 0 Å². The normalized spacial score (nSPS) is 19.0. The molecule has 156 valence electrons. The molecule has 2 amide bonds. The first kappa shape index (κ1) is 24.5. The zero-order valence-electron chi connectivity index (χ0n) is 16.6. The smallest absolute Gasteiger partial charge is 1.00 e. The minimum absolute atomic E-state index is 0. The minimum atomic E-state index is -4.85. The van der Waals surface area contributed by atoms with Gasteiger partial charge in [-0.25, -0.2) is 9.29 Å². The first-order valence-electron chi connectivity index (χ1n) is 7.83. The summed E-state index contributed by atoms with van der Waals surface area (Å²) in [5, 5.41) is 8.04. The van der Waals surface area contributed by atoms with E-state index in [1.54, 1.807) is 0 Å². The average molecular weight is 484 g/mol. The molecule has 1 aromatic carbocycles. The van der Waals surface area contributed by atoms with Crippen molar-refractivity contribution in [3.8, 4) is 0 Å². The van der Waals surface area contributed by atoms with E-state index in [0.29, 0.717) is 10.6 Å². The number of amides is 2. The number of thiazole rings is 1. The van der Waals surface area contributed by atoms with Crippen LogP contribution in [0.1, 0.15) is 18.7 Å². The van der Waals surface area contributed by atoms with E-state index in [9.17, 15) is 22.6 Å². The number of β-lactam (4-membered cyclic amide) rings is 1. The molecule has 2 aromatic rings. The first-order chi connectivity index (χ1) is 13.6. The summed E-state index contributed by atoms with van der Waals surface area (Å²) >= 11 is 6.90. The summed E-state index contributed by atoms with van der Waals surface area (Å²) in [4.78, 5) is 33.6. The van der Waals surface area contributed by atoms with E-state index < -0.39 is 34.2 Å². The standard InChI is InChI=1S/C15H14ClN5O6S2.Na.H/c1-27-20-10(9-6-28-15(17)18-9)13(22)19-11-12(7-2-4-8(16)5-3-7)21(14(11)23)29(24,25)26;;/h2-6,11-12H,1H3,(H2,17,18)(H,19,22)(H,24,25,26);;/q;+1;-1/b20-10-;;. The van der Waals surface area contributed by atoms with Crippen LogP contribution in [0, 0.1) is 0 Å². The second-order valence-corrected chi connectivity index (χ2v) is 8.37. The van der Waals surface area contributed by atoms with Crippen molar-refractivity contribution < 1.29 is 58.4 Å². The summed E-state index contributed by atoms with van der Waals surface area (Å²) < 4.78 is 32.9.